The van der Waals surface area contributed by atoms with Gasteiger partial charge < -0.3 is 19.9 Å². The van der Waals surface area contributed by atoms with Crippen LogP contribution in [0.25, 0.3) is 0 Å². The molecule has 1 atom stereocenters. The van der Waals surface area contributed by atoms with Crippen LogP contribution in [-0.2, 0) is 4.79 Å². The average Bonchev–Trinajstić information content (AvgIpc) is 2.73. The molecule has 1 heterocycles. The number of benzene rings is 2. The Labute approximate surface area is 172 Å². The smallest absolute Gasteiger partial charge is 0.251 e. The largest absolute Gasteiger partial charge is 0.497 e. The van der Waals surface area contributed by atoms with Crippen LogP contribution in [0.4, 0.5) is 5.69 Å². The van der Waals surface area contributed by atoms with E-state index in [0.29, 0.717) is 18.7 Å². The van der Waals surface area contributed by atoms with E-state index in [1.54, 1.807) is 13.2 Å². The lowest BCUT2D eigenvalue weighted by atomic mass is 10.1. The lowest BCUT2D eigenvalue weighted by molar-refractivity contribution is -0.130. The van der Waals surface area contributed by atoms with E-state index in [-0.39, 0.29) is 24.4 Å². The maximum Gasteiger partial charge on any atom is 0.251 e. The Balaban J connectivity index is 1.54. The predicted octanol–water partition coefficient (Wildman–Crippen LogP) is 2.78. The van der Waals surface area contributed by atoms with Crippen molar-refractivity contribution in [3.05, 3.63) is 59.2 Å². The van der Waals surface area contributed by atoms with Gasteiger partial charge in [-0.25, -0.2) is 0 Å². The van der Waals surface area contributed by atoms with E-state index in [4.69, 9.17) is 4.74 Å². The summed E-state index contributed by atoms with van der Waals surface area (Å²) >= 11 is 0. The van der Waals surface area contributed by atoms with Gasteiger partial charge in [0.1, 0.15) is 5.75 Å². The molecule has 154 valence electrons. The fourth-order valence-corrected chi connectivity index (χ4v) is 3.61. The number of ether oxygens (including phenoxy) is 1. The van der Waals surface area contributed by atoms with Gasteiger partial charge in [0.2, 0.25) is 5.91 Å². The van der Waals surface area contributed by atoms with E-state index in [1.165, 1.54) is 0 Å². The molecule has 1 aliphatic rings. The number of amides is 2. The van der Waals surface area contributed by atoms with E-state index in [1.807, 2.05) is 49.1 Å². The molecule has 0 aliphatic carbocycles. The van der Waals surface area contributed by atoms with Crippen LogP contribution in [0, 0.1) is 13.8 Å². The Bertz CT molecular complexity index is 897. The number of methoxy groups -OCH3 is 1. The summed E-state index contributed by atoms with van der Waals surface area (Å²) < 4.78 is 5.31. The Morgan fingerprint density at radius 1 is 1.10 bits per heavy atom. The second-order valence-corrected chi connectivity index (χ2v) is 7.57. The third-order valence-electron chi connectivity index (χ3n) is 5.53. The average molecular weight is 396 g/mol. The molecule has 0 spiro atoms. The summed E-state index contributed by atoms with van der Waals surface area (Å²) in [4.78, 5) is 29.1. The van der Waals surface area contributed by atoms with Crippen molar-refractivity contribution in [1.29, 1.82) is 0 Å². The molecule has 1 fully saturated rings. The molecule has 6 nitrogen and oxygen atoms in total. The van der Waals surface area contributed by atoms with Gasteiger partial charge in [-0.1, -0.05) is 12.1 Å². The fraction of sp³-hybridized carbons (Fsp3) is 0.391. The van der Waals surface area contributed by atoms with Gasteiger partial charge in [0, 0.05) is 43.0 Å². The van der Waals surface area contributed by atoms with Crippen LogP contribution < -0.4 is 15.0 Å². The fourth-order valence-electron chi connectivity index (χ4n) is 3.61. The maximum atomic E-state index is 12.6. The highest BCUT2D eigenvalue weighted by molar-refractivity contribution is 5.96. The van der Waals surface area contributed by atoms with Crippen LogP contribution >= 0.6 is 0 Å². The molecule has 2 aromatic rings. The molecule has 2 amide bonds. The van der Waals surface area contributed by atoms with E-state index in [9.17, 15) is 9.59 Å². The molecule has 0 aromatic heterocycles. The number of carbonyl (C=O) groups excluding carboxylic acids is 2. The van der Waals surface area contributed by atoms with Gasteiger partial charge in [-0.05, 0) is 56.2 Å². The molecule has 0 bridgehead atoms. The molecule has 0 radical (unpaired) electrons. The van der Waals surface area contributed by atoms with Gasteiger partial charge in [-0.3, -0.25) is 9.59 Å². The Morgan fingerprint density at radius 3 is 2.59 bits per heavy atom. The van der Waals surface area contributed by atoms with E-state index < -0.39 is 0 Å². The zero-order valence-corrected chi connectivity index (χ0v) is 17.6. The molecule has 1 saturated heterocycles. The predicted molar refractivity (Wildman–Crippen MR) is 115 cm³/mol. The molecule has 1 aliphatic heterocycles. The lowest BCUT2D eigenvalue weighted by Crippen LogP contribution is -2.55. The highest BCUT2D eigenvalue weighted by atomic mass is 16.5. The topological polar surface area (TPSA) is 61.9 Å². The first-order chi connectivity index (χ1) is 13.9. The first-order valence-electron chi connectivity index (χ1n) is 9.93. The summed E-state index contributed by atoms with van der Waals surface area (Å²) in [6.07, 6.45) is 0. The normalized spacial score (nSPS) is 16.5. The van der Waals surface area contributed by atoms with Crippen LogP contribution in [0.15, 0.2) is 42.5 Å². The number of piperazine rings is 1. The summed E-state index contributed by atoms with van der Waals surface area (Å²) in [5, 5.41) is 2.76. The molecule has 0 saturated carbocycles. The molecular weight excluding hydrogens is 366 g/mol. The van der Waals surface area contributed by atoms with E-state index in [0.717, 1.165) is 29.1 Å². The molecule has 2 aromatic carbocycles. The highest BCUT2D eigenvalue weighted by Gasteiger charge is 2.27. The van der Waals surface area contributed by atoms with Crippen LogP contribution in [0.2, 0.25) is 0 Å². The summed E-state index contributed by atoms with van der Waals surface area (Å²) in [6.45, 7) is 8.08. The number of aryl methyl sites for hydroxylation is 2. The molecular formula is C23H29N3O3. The van der Waals surface area contributed by atoms with Crippen LogP contribution in [0.1, 0.15) is 28.4 Å². The zero-order chi connectivity index (χ0) is 21.0. The minimum atomic E-state index is -0.218. The van der Waals surface area contributed by atoms with Gasteiger partial charge in [-0.2, -0.15) is 0 Å². The first kappa shape index (κ1) is 20.7. The van der Waals surface area contributed by atoms with Crippen molar-refractivity contribution in [1.82, 2.24) is 10.2 Å². The third-order valence-corrected chi connectivity index (χ3v) is 5.53. The Hall–Kier alpha value is -3.02. The van der Waals surface area contributed by atoms with E-state index in [2.05, 4.69) is 23.2 Å². The first-order valence-corrected chi connectivity index (χ1v) is 9.93. The molecule has 29 heavy (non-hydrogen) atoms. The van der Waals surface area contributed by atoms with Crippen molar-refractivity contribution in [2.24, 2.45) is 0 Å². The second kappa shape index (κ2) is 8.99. The van der Waals surface area contributed by atoms with E-state index >= 15 is 0 Å². The Morgan fingerprint density at radius 2 is 1.90 bits per heavy atom. The molecule has 6 heteroatoms. The summed E-state index contributed by atoms with van der Waals surface area (Å²) in [5.74, 6) is 0.547. The monoisotopic (exact) mass is 395 g/mol. The lowest BCUT2D eigenvalue weighted by Gasteiger charge is -2.41. The van der Waals surface area contributed by atoms with Crippen molar-refractivity contribution in [2.45, 2.75) is 26.8 Å². The maximum absolute atomic E-state index is 12.6. The van der Waals surface area contributed by atoms with Crippen LogP contribution in [0.5, 0.6) is 5.75 Å². The number of nitrogens with one attached hydrogen (secondary N) is 1. The standard InChI is InChI=1S/C23H29N3O3/c1-16-8-9-19(12-17(16)2)23(28)24-14-22(27)25-10-11-26(18(3)15-25)20-6-5-7-21(13-20)29-4/h5-9,12-13,18H,10-11,14-15H2,1-4H3,(H,24,28)/t18-/m1/s1. The second-order valence-electron chi connectivity index (χ2n) is 7.57. The summed E-state index contributed by atoms with van der Waals surface area (Å²) in [6, 6.07) is 13.7. The van der Waals surface area contributed by atoms with Crippen molar-refractivity contribution in [3.8, 4) is 5.75 Å². The molecule has 0 unspecified atom stereocenters. The number of carbonyl (C=O) groups is 2. The summed E-state index contributed by atoms with van der Waals surface area (Å²) in [5.41, 5.74) is 3.87. The van der Waals surface area contributed by atoms with Crippen LogP contribution in [0.3, 0.4) is 0 Å². The summed E-state index contributed by atoms with van der Waals surface area (Å²) in [7, 11) is 1.66. The number of hydrogen-bond acceptors (Lipinski definition) is 4. The minimum Gasteiger partial charge on any atom is -0.497 e. The minimum absolute atomic E-state index is 0.0115. The van der Waals surface area contributed by atoms with Gasteiger partial charge in [0.25, 0.3) is 5.91 Å². The van der Waals surface area contributed by atoms with Gasteiger partial charge in [0.05, 0.1) is 13.7 Å². The third kappa shape index (κ3) is 4.88. The number of anilines is 1. The highest BCUT2D eigenvalue weighted by Crippen LogP contribution is 2.24. The number of nitrogens with zero attached hydrogens (tertiary/aromatic N) is 2. The van der Waals surface area contributed by atoms with Gasteiger partial charge >= 0.3 is 0 Å². The van der Waals surface area contributed by atoms with Gasteiger partial charge in [-0.15, -0.1) is 0 Å². The molecule has 3 rings (SSSR count). The quantitative estimate of drug-likeness (QED) is 0.846. The SMILES string of the molecule is COc1cccc(N2CCN(C(=O)CNC(=O)c3ccc(C)c(C)c3)C[C@H]2C)c1. The van der Waals surface area contributed by atoms with Crippen LogP contribution in [-0.4, -0.2) is 56.0 Å². The zero-order valence-electron chi connectivity index (χ0n) is 17.6. The van der Waals surface area contributed by atoms with Crippen molar-refractivity contribution in [2.75, 3.05) is 38.2 Å². The Kier molecular flexibility index (Phi) is 6.42. The van der Waals surface area contributed by atoms with Gasteiger partial charge in [0.15, 0.2) is 0 Å². The molecule has 1 N–H and O–H groups in total. The van der Waals surface area contributed by atoms with Crippen molar-refractivity contribution in [3.63, 3.8) is 0 Å². The number of hydrogen-bond donors (Lipinski definition) is 1. The number of rotatable bonds is 5. The van der Waals surface area contributed by atoms with Crippen molar-refractivity contribution < 1.29 is 14.3 Å². The van der Waals surface area contributed by atoms with Crippen molar-refractivity contribution >= 4 is 17.5 Å².